The van der Waals surface area contributed by atoms with E-state index in [9.17, 15) is 5.11 Å². The maximum atomic E-state index is 9.21. The molecule has 0 saturated heterocycles. The first kappa shape index (κ1) is 9.03. The van der Waals surface area contributed by atoms with Crippen molar-refractivity contribution < 1.29 is 10.2 Å². The highest BCUT2D eigenvalue weighted by Gasteiger charge is 2.01. The molecular formula is C9H13NO2. The zero-order chi connectivity index (χ0) is 8.97. The Balaban J connectivity index is 2.63. The standard InChI is InChI=1S/C9H13NO2/c1-10-9(12)6-7-3-2-4-8(11)5-7/h2-5,9-12H,6H2,1H3. The van der Waals surface area contributed by atoms with Crippen molar-refractivity contribution in [3.8, 4) is 5.75 Å². The molecule has 1 rings (SSSR count). The fraction of sp³-hybridized carbons (Fsp3) is 0.333. The lowest BCUT2D eigenvalue weighted by Crippen LogP contribution is -2.26. The Morgan fingerprint density at radius 3 is 2.83 bits per heavy atom. The second-order valence-corrected chi connectivity index (χ2v) is 2.68. The maximum Gasteiger partial charge on any atom is 0.115 e. The molecule has 0 heterocycles. The summed E-state index contributed by atoms with van der Waals surface area (Å²) in [6, 6.07) is 6.86. The zero-order valence-electron chi connectivity index (χ0n) is 6.99. The highest BCUT2D eigenvalue weighted by molar-refractivity contribution is 5.27. The van der Waals surface area contributed by atoms with Gasteiger partial charge < -0.3 is 10.2 Å². The van der Waals surface area contributed by atoms with Gasteiger partial charge in [-0.25, -0.2) is 0 Å². The lowest BCUT2D eigenvalue weighted by molar-refractivity contribution is 0.147. The summed E-state index contributed by atoms with van der Waals surface area (Å²) < 4.78 is 0. The van der Waals surface area contributed by atoms with Crippen LogP contribution in [-0.2, 0) is 6.42 Å². The monoisotopic (exact) mass is 167 g/mol. The number of rotatable bonds is 3. The van der Waals surface area contributed by atoms with Gasteiger partial charge in [0.25, 0.3) is 0 Å². The number of aromatic hydroxyl groups is 1. The van der Waals surface area contributed by atoms with Gasteiger partial charge >= 0.3 is 0 Å². The molecule has 1 aromatic carbocycles. The summed E-state index contributed by atoms with van der Waals surface area (Å²) in [4.78, 5) is 0. The lowest BCUT2D eigenvalue weighted by Gasteiger charge is -2.08. The van der Waals surface area contributed by atoms with Crippen LogP contribution in [0.3, 0.4) is 0 Å². The van der Waals surface area contributed by atoms with Gasteiger partial charge in [0.05, 0.1) is 0 Å². The van der Waals surface area contributed by atoms with Crippen LogP contribution in [0.2, 0.25) is 0 Å². The van der Waals surface area contributed by atoms with Gasteiger partial charge in [-0.2, -0.15) is 0 Å². The smallest absolute Gasteiger partial charge is 0.115 e. The Bertz CT molecular complexity index is 250. The van der Waals surface area contributed by atoms with Crippen molar-refractivity contribution in [2.45, 2.75) is 12.6 Å². The molecule has 66 valence electrons. The second kappa shape index (κ2) is 4.09. The first-order valence-corrected chi connectivity index (χ1v) is 3.85. The number of benzene rings is 1. The van der Waals surface area contributed by atoms with E-state index in [0.717, 1.165) is 5.56 Å². The van der Waals surface area contributed by atoms with Crippen molar-refractivity contribution in [2.75, 3.05) is 7.05 Å². The maximum absolute atomic E-state index is 9.21. The first-order chi connectivity index (χ1) is 5.72. The Labute approximate surface area is 71.7 Å². The average molecular weight is 167 g/mol. The van der Waals surface area contributed by atoms with Crippen molar-refractivity contribution in [2.24, 2.45) is 0 Å². The van der Waals surface area contributed by atoms with Gasteiger partial charge in [0.1, 0.15) is 12.0 Å². The Morgan fingerprint density at radius 1 is 1.50 bits per heavy atom. The molecule has 1 unspecified atom stereocenters. The molecule has 0 fully saturated rings. The van der Waals surface area contributed by atoms with Gasteiger partial charge in [-0.3, -0.25) is 5.32 Å². The summed E-state index contributed by atoms with van der Waals surface area (Å²) in [5.41, 5.74) is 0.914. The summed E-state index contributed by atoms with van der Waals surface area (Å²) in [5.74, 6) is 0.232. The molecule has 1 aromatic rings. The Hall–Kier alpha value is -1.06. The van der Waals surface area contributed by atoms with Crippen LogP contribution in [0, 0.1) is 0 Å². The topological polar surface area (TPSA) is 52.5 Å². The van der Waals surface area contributed by atoms with Gasteiger partial charge in [-0.15, -0.1) is 0 Å². The van der Waals surface area contributed by atoms with Gasteiger partial charge in [0, 0.05) is 6.42 Å². The Kier molecular flexibility index (Phi) is 3.08. The van der Waals surface area contributed by atoms with Crippen LogP contribution in [0.5, 0.6) is 5.75 Å². The zero-order valence-corrected chi connectivity index (χ0v) is 6.99. The normalized spacial score (nSPS) is 12.8. The van der Waals surface area contributed by atoms with E-state index in [1.807, 2.05) is 6.07 Å². The number of likely N-dealkylation sites (N-methyl/N-ethyl adjacent to an activating group) is 1. The van der Waals surface area contributed by atoms with Gasteiger partial charge in [-0.1, -0.05) is 12.1 Å². The van der Waals surface area contributed by atoms with Crippen LogP contribution in [-0.4, -0.2) is 23.5 Å². The fourth-order valence-corrected chi connectivity index (χ4v) is 1.01. The average Bonchev–Trinajstić information content (AvgIpc) is 2.04. The van der Waals surface area contributed by atoms with E-state index >= 15 is 0 Å². The molecule has 3 nitrogen and oxygen atoms in total. The van der Waals surface area contributed by atoms with Crippen molar-refractivity contribution in [1.29, 1.82) is 0 Å². The van der Waals surface area contributed by atoms with E-state index in [4.69, 9.17) is 5.11 Å². The molecule has 1 atom stereocenters. The SMILES string of the molecule is CNC(O)Cc1cccc(O)c1. The number of hydrogen-bond donors (Lipinski definition) is 3. The molecule has 0 aliphatic rings. The van der Waals surface area contributed by atoms with E-state index in [1.54, 1.807) is 25.2 Å². The highest BCUT2D eigenvalue weighted by Crippen LogP contribution is 2.11. The number of aliphatic hydroxyl groups excluding tert-OH is 1. The van der Waals surface area contributed by atoms with E-state index < -0.39 is 6.23 Å². The molecular weight excluding hydrogens is 154 g/mol. The molecule has 12 heavy (non-hydrogen) atoms. The molecule has 3 N–H and O–H groups in total. The number of phenols is 1. The first-order valence-electron chi connectivity index (χ1n) is 3.85. The summed E-state index contributed by atoms with van der Waals surface area (Å²) >= 11 is 0. The predicted molar refractivity (Wildman–Crippen MR) is 46.9 cm³/mol. The van der Waals surface area contributed by atoms with E-state index in [0.29, 0.717) is 6.42 Å². The van der Waals surface area contributed by atoms with E-state index in [1.165, 1.54) is 0 Å². The molecule has 0 radical (unpaired) electrons. The van der Waals surface area contributed by atoms with E-state index in [2.05, 4.69) is 5.32 Å². The minimum Gasteiger partial charge on any atom is -0.508 e. The largest absolute Gasteiger partial charge is 0.508 e. The summed E-state index contributed by atoms with van der Waals surface area (Å²) in [6.45, 7) is 0. The minimum atomic E-state index is -0.549. The summed E-state index contributed by atoms with van der Waals surface area (Å²) in [5, 5.41) is 21.0. The van der Waals surface area contributed by atoms with Crippen LogP contribution in [0.1, 0.15) is 5.56 Å². The predicted octanol–water partition coefficient (Wildman–Crippen LogP) is 0.472. The summed E-state index contributed by atoms with van der Waals surface area (Å²) in [6.07, 6.45) is -0.0444. The molecule has 0 aliphatic heterocycles. The Morgan fingerprint density at radius 2 is 2.25 bits per heavy atom. The third-order valence-corrected chi connectivity index (χ3v) is 1.67. The quantitative estimate of drug-likeness (QED) is 0.574. The molecule has 0 saturated carbocycles. The van der Waals surface area contributed by atoms with Crippen molar-refractivity contribution >= 4 is 0 Å². The van der Waals surface area contributed by atoms with Crippen molar-refractivity contribution in [3.05, 3.63) is 29.8 Å². The summed E-state index contributed by atoms with van der Waals surface area (Å²) in [7, 11) is 1.69. The molecule has 0 aromatic heterocycles. The van der Waals surface area contributed by atoms with Crippen LogP contribution in [0.25, 0.3) is 0 Å². The molecule has 3 heteroatoms. The van der Waals surface area contributed by atoms with Crippen LogP contribution >= 0.6 is 0 Å². The van der Waals surface area contributed by atoms with Gasteiger partial charge in [0.15, 0.2) is 0 Å². The second-order valence-electron chi connectivity index (χ2n) is 2.68. The van der Waals surface area contributed by atoms with Crippen molar-refractivity contribution in [1.82, 2.24) is 5.32 Å². The number of hydrogen-bond acceptors (Lipinski definition) is 3. The number of phenolic OH excluding ortho intramolecular Hbond substituents is 1. The number of nitrogens with one attached hydrogen (secondary N) is 1. The third kappa shape index (κ3) is 2.53. The molecule has 0 spiro atoms. The molecule has 0 aliphatic carbocycles. The van der Waals surface area contributed by atoms with Crippen LogP contribution in [0.4, 0.5) is 0 Å². The number of aliphatic hydroxyl groups is 1. The minimum absolute atomic E-state index is 0.232. The molecule has 0 bridgehead atoms. The van der Waals surface area contributed by atoms with Crippen LogP contribution < -0.4 is 5.32 Å². The van der Waals surface area contributed by atoms with Gasteiger partial charge in [-0.05, 0) is 24.7 Å². The van der Waals surface area contributed by atoms with Crippen LogP contribution in [0.15, 0.2) is 24.3 Å². The van der Waals surface area contributed by atoms with Crippen molar-refractivity contribution in [3.63, 3.8) is 0 Å². The highest BCUT2D eigenvalue weighted by atomic mass is 16.3. The lowest BCUT2D eigenvalue weighted by atomic mass is 10.1. The molecule has 0 amide bonds. The van der Waals surface area contributed by atoms with E-state index in [-0.39, 0.29) is 5.75 Å². The third-order valence-electron chi connectivity index (χ3n) is 1.67. The fourth-order valence-electron chi connectivity index (χ4n) is 1.01. The van der Waals surface area contributed by atoms with Gasteiger partial charge in [0.2, 0.25) is 0 Å².